The van der Waals surface area contributed by atoms with E-state index < -0.39 is 17.7 Å². The van der Waals surface area contributed by atoms with Gasteiger partial charge >= 0.3 is 12.1 Å². The van der Waals surface area contributed by atoms with Gasteiger partial charge in [0.05, 0.1) is 6.54 Å². The van der Waals surface area contributed by atoms with E-state index in [1.807, 2.05) is 6.08 Å². The summed E-state index contributed by atoms with van der Waals surface area (Å²) in [7, 11) is 0. The van der Waals surface area contributed by atoms with Gasteiger partial charge in [-0.3, -0.25) is 0 Å². The highest BCUT2D eigenvalue weighted by Gasteiger charge is 2.15. The predicted octanol–water partition coefficient (Wildman–Crippen LogP) is 3.50. The van der Waals surface area contributed by atoms with Gasteiger partial charge in [-0.05, 0) is 46.5 Å². The van der Waals surface area contributed by atoms with E-state index in [-0.39, 0.29) is 13.2 Å². The van der Waals surface area contributed by atoms with Crippen molar-refractivity contribution in [1.82, 2.24) is 5.32 Å². The lowest BCUT2D eigenvalue weighted by molar-refractivity contribution is -0.137. The van der Waals surface area contributed by atoms with Crippen LogP contribution in [0.2, 0.25) is 0 Å². The average molecular weight is 309 g/mol. The minimum absolute atomic E-state index is 0.126. The Hall–Kier alpha value is -1.78. The van der Waals surface area contributed by atoms with Crippen molar-refractivity contribution in [2.75, 3.05) is 13.2 Å². The molecule has 0 aliphatic heterocycles. The lowest BCUT2D eigenvalue weighted by atomic mass is 10.1. The van der Waals surface area contributed by atoms with E-state index in [0.29, 0.717) is 0 Å². The number of carbonyl (C=O) groups excluding carboxylic acids is 2. The molecule has 5 nitrogen and oxygen atoms in total. The van der Waals surface area contributed by atoms with E-state index in [1.54, 1.807) is 20.8 Å². The normalized spacial score (nSPS) is 15.9. The molecule has 1 amide bonds. The second-order valence-corrected chi connectivity index (χ2v) is 6.31. The van der Waals surface area contributed by atoms with Crippen LogP contribution in [0.1, 0.15) is 52.9 Å². The summed E-state index contributed by atoms with van der Waals surface area (Å²) < 4.78 is 10.1. The van der Waals surface area contributed by atoms with Gasteiger partial charge in [-0.1, -0.05) is 24.1 Å². The van der Waals surface area contributed by atoms with Gasteiger partial charge in [0.1, 0.15) is 12.2 Å². The third kappa shape index (κ3) is 9.21. The molecule has 0 spiro atoms. The molecule has 0 unspecified atom stereocenters. The molecule has 0 heterocycles. The van der Waals surface area contributed by atoms with E-state index in [4.69, 9.17) is 9.47 Å². The maximum Gasteiger partial charge on any atom is 0.407 e. The van der Waals surface area contributed by atoms with Crippen molar-refractivity contribution in [3.05, 3.63) is 23.8 Å². The molecule has 0 fully saturated rings. The molecule has 1 aliphatic rings. The predicted molar refractivity (Wildman–Crippen MR) is 85.5 cm³/mol. The quantitative estimate of drug-likeness (QED) is 0.479. The van der Waals surface area contributed by atoms with E-state index in [1.165, 1.54) is 30.9 Å². The molecule has 1 rings (SSSR count). The van der Waals surface area contributed by atoms with Gasteiger partial charge < -0.3 is 14.8 Å². The third-order valence-electron chi connectivity index (χ3n) is 3.02. The minimum atomic E-state index is -0.532. The monoisotopic (exact) mass is 309 g/mol. The topological polar surface area (TPSA) is 64.6 Å². The molecule has 0 aromatic heterocycles. The average Bonchev–Trinajstić information content (AvgIpc) is 2.68. The Morgan fingerprint density at radius 3 is 2.77 bits per heavy atom. The van der Waals surface area contributed by atoms with E-state index >= 15 is 0 Å². The van der Waals surface area contributed by atoms with Crippen LogP contribution in [0.5, 0.6) is 0 Å². The molecule has 0 bridgehead atoms. The van der Waals surface area contributed by atoms with Gasteiger partial charge in [-0.2, -0.15) is 0 Å². The van der Waals surface area contributed by atoms with Crippen LogP contribution < -0.4 is 5.32 Å². The van der Waals surface area contributed by atoms with Gasteiger partial charge in [-0.15, -0.1) is 0 Å². The van der Waals surface area contributed by atoms with Crippen LogP contribution in [-0.4, -0.2) is 30.8 Å². The molecule has 0 radical (unpaired) electrons. The van der Waals surface area contributed by atoms with Gasteiger partial charge in [0.2, 0.25) is 0 Å². The summed E-state index contributed by atoms with van der Waals surface area (Å²) in [5.74, 6) is -0.392. The minimum Gasteiger partial charge on any atom is -0.461 e. The molecule has 0 aromatic carbocycles. The summed E-state index contributed by atoms with van der Waals surface area (Å²) in [6.07, 6.45) is 10.7. The highest BCUT2D eigenvalue weighted by molar-refractivity contribution is 5.82. The maximum absolute atomic E-state index is 11.6. The van der Waals surface area contributed by atoms with E-state index in [9.17, 15) is 9.59 Å². The van der Waals surface area contributed by atoms with Gasteiger partial charge in [0.15, 0.2) is 0 Å². The second kappa shape index (κ2) is 9.28. The summed E-state index contributed by atoms with van der Waals surface area (Å²) in [5.41, 5.74) is 0.664. The zero-order valence-electron chi connectivity index (χ0n) is 13.8. The molecule has 0 saturated carbocycles. The fourth-order valence-electron chi connectivity index (χ4n) is 2.03. The number of carbonyl (C=O) groups is 2. The first-order chi connectivity index (χ1) is 10.4. The molecule has 0 saturated heterocycles. The lowest BCUT2D eigenvalue weighted by Crippen LogP contribution is -2.34. The Bertz CT molecular complexity index is 432. The summed E-state index contributed by atoms with van der Waals surface area (Å²) in [4.78, 5) is 22.9. The first-order valence-electron chi connectivity index (χ1n) is 7.87. The number of hydrogen-bond donors (Lipinski definition) is 1. The zero-order chi connectivity index (χ0) is 16.4. The molecule has 5 heteroatoms. The summed E-state index contributed by atoms with van der Waals surface area (Å²) in [5, 5.41) is 2.53. The van der Waals surface area contributed by atoms with Gasteiger partial charge in [-0.25, -0.2) is 9.59 Å². The zero-order valence-corrected chi connectivity index (χ0v) is 13.8. The van der Waals surface area contributed by atoms with Gasteiger partial charge in [0.25, 0.3) is 0 Å². The van der Waals surface area contributed by atoms with Crippen molar-refractivity contribution in [2.24, 2.45) is 0 Å². The van der Waals surface area contributed by atoms with Crippen molar-refractivity contribution >= 4 is 12.1 Å². The highest BCUT2D eigenvalue weighted by atomic mass is 16.6. The standard InChI is InChI=1S/C17H27NO4/c1-17(2,3)22-16(20)18-12-13-21-15(19)11-10-14-8-6-4-5-7-9-14/h8,10-11H,4-7,9,12-13H2,1-3H3,(H,18,20)/b11-10+. The number of hydrogen-bond acceptors (Lipinski definition) is 4. The maximum atomic E-state index is 11.6. The Morgan fingerprint density at radius 2 is 2.05 bits per heavy atom. The number of alkyl carbamates (subject to hydrolysis) is 1. The van der Waals surface area contributed by atoms with Crippen molar-refractivity contribution in [3.8, 4) is 0 Å². The number of nitrogens with one attached hydrogen (secondary N) is 1. The van der Waals surface area contributed by atoms with Crippen LogP contribution in [0.25, 0.3) is 0 Å². The fraction of sp³-hybridized carbons (Fsp3) is 0.647. The van der Waals surface area contributed by atoms with Crippen LogP contribution in [0, 0.1) is 0 Å². The molecule has 1 aliphatic carbocycles. The highest BCUT2D eigenvalue weighted by Crippen LogP contribution is 2.17. The second-order valence-electron chi connectivity index (χ2n) is 6.31. The lowest BCUT2D eigenvalue weighted by Gasteiger charge is -2.19. The van der Waals surface area contributed by atoms with Crippen molar-refractivity contribution < 1.29 is 19.1 Å². The summed E-state index contributed by atoms with van der Waals surface area (Å²) in [6, 6.07) is 0. The van der Waals surface area contributed by atoms with Gasteiger partial charge in [0, 0.05) is 6.08 Å². The Morgan fingerprint density at radius 1 is 1.27 bits per heavy atom. The van der Waals surface area contributed by atoms with Crippen molar-refractivity contribution in [2.45, 2.75) is 58.5 Å². The summed E-state index contributed by atoms with van der Waals surface area (Å²) >= 11 is 0. The number of esters is 1. The van der Waals surface area contributed by atoms with Crippen molar-refractivity contribution in [3.63, 3.8) is 0 Å². The molecule has 1 N–H and O–H groups in total. The smallest absolute Gasteiger partial charge is 0.407 e. The van der Waals surface area contributed by atoms with Crippen LogP contribution in [-0.2, 0) is 14.3 Å². The summed E-state index contributed by atoms with van der Waals surface area (Å²) in [6.45, 7) is 5.73. The first kappa shape index (κ1) is 18.3. The Labute approximate surface area is 132 Å². The number of ether oxygens (including phenoxy) is 2. The van der Waals surface area contributed by atoms with Crippen LogP contribution in [0.3, 0.4) is 0 Å². The van der Waals surface area contributed by atoms with Crippen molar-refractivity contribution in [1.29, 1.82) is 0 Å². The van der Waals surface area contributed by atoms with Crippen LogP contribution >= 0.6 is 0 Å². The van der Waals surface area contributed by atoms with E-state index in [0.717, 1.165) is 12.8 Å². The van der Waals surface area contributed by atoms with Crippen LogP contribution in [0.15, 0.2) is 23.8 Å². The Kier molecular flexibility index (Phi) is 7.71. The SMILES string of the molecule is CC(C)(C)OC(=O)NCCOC(=O)/C=C/C1=CCCCCC1. The number of amides is 1. The largest absolute Gasteiger partial charge is 0.461 e. The Balaban J connectivity index is 2.18. The van der Waals surface area contributed by atoms with E-state index in [2.05, 4.69) is 11.4 Å². The molecule has 22 heavy (non-hydrogen) atoms. The number of rotatable bonds is 5. The number of allylic oxidation sites excluding steroid dienone is 3. The molecule has 0 atom stereocenters. The van der Waals surface area contributed by atoms with Crippen LogP contribution in [0.4, 0.5) is 4.79 Å². The fourth-order valence-corrected chi connectivity index (χ4v) is 2.03. The molecular weight excluding hydrogens is 282 g/mol. The molecule has 0 aromatic rings. The molecular formula is C17H27NO4. The third-order valence-corrected chi connectivity index (χ3v) is 3.02. The first-order valence-corrected chi connectivity index (χ1v) is 7.87. The molecule has 124 valence electrons.